The van der Waals surface area contributed by atoms with Gasteiger partial charge in [0.05, 0.1) is 11.5 Å². The smallest absolute Gasteiger partial charge is 0.152 e. The quantitative estimate of drug-likeness (QED) is 0.807. The van der Waals surface area contributed by atoms with E-state index < -0.39 is 9.84 Å². The van der Waals surface area contributed by atoms with E-state index in [0.717, 1.165) is 5.82 Å². The Morgan fingerprint density at radius 3 is 2.72 bits per heavy atom. The highest BCUT2D eigenvalue weighted by molar-refractivity contribution is 7.91. The minimum atomic E-state index is -2.88. The van der Waals surface area contributed by atoms with E-state index in [2.05, 4.69) is 4.98 Å². The molecule has 5 nitrogen and oxygen atoms in total. The van der Waals surface area contributed by atoms with Crippen molar-refractivity contribution in [1.29, 1.82) is 0 Å². The van der Waals surface area contributed by atoms with Gasteiger partial charge in [0.2, 0.25) is 0 Å². The maximum atomic E-state index is 11.4. The molecule has 0 spiro atoms. The highest BCUT2D eigenvalue weighted by atomic mass is 32.2. The van der Waals surface area contributed by atoms with Crippen molar-refractivity contribution in [1.82, 2.24) is 4.98 Å². The van der Waals surface area contributed by atoms with Crippen LogP contribution in [0.15, 0.2) is 18.3 Å². The Morgan fingerprint density at radius 1 is 1.56 bits per heavy atom. The number of thiocarbonyl (C=S) groups is 1. The minimum Gasteiger partial charge on any atom is -0.389 e. The Labute approximate surface area is 112 Å². The number of hydrogen-bond donors (Lipinski definition) is 1. The molecule has 98 valence electrons. The molecule has 1 atom stereocenters. The summed E-state index contributed by atoms with van der Waals surface area (Å²) in [7, 11) is -1.02. The molecule has 7 heteroatoms. The molecule has 0 radical (unpaired) electrons. The lowest BCUT2D eigenvalue weighted by molar-refractivity contribution is 0.600. The first-order valence-electron chi connectivity index (χ1n) is 5.58. The predicted octanol–water partition coefficient (Wildman–Crippen LogP) is 0.339. The molecule has 1 unspecified atom stereocenters. The molecule has 1 aliphatic rings. The van der Waals surface area contributed by atoms with Crippen LogP contribution in [-0.2, 0) is 9.84 Å². The summed E-state index contributed by atoms with van der Waals surface area (Å²) in [6, 6.07) is 3.60. The zero-order valence-electron chi connectivity index (χ0n) is 10.0. The van der Waals surface area contributed by atoms with Crippen LogP contribution in [0.5, 0.6) is 0 Å². The fraction of sp³-hybridized carbons (Fsp3) is 0.455. The van der Waals surface area contributed by atoms with Gasteiger partial charge >= 0.3 is 0 Å². The molecule has 1 aromatic rings. The molecule has 0 bridgehead atoms. The molecule has 2 N–H and O–H groups in total. The third-order valence-corrected chi connectivity index (χ3v) is 5.14. The van der Waals surface area contributed by atoms with E-state index in [1.807, 2.05) is 11.9 Å². The molecule has 1 saturated heterocycles. The Hall–Kier alpha value is -1.21. The van der Waals surface area contributed by atoms with E-state index >= 15 is 0 Å². The Bertz CT molecular complexity index is 554. The molecule has 0 aromatic carbocycles. The van der Waals surface area contributed by atoms with Gasteiger partial charge in [-0.15, -0.1) is 0 Å². The zero-order chi connectivity index (χ0) is 13.3. The molecule has 2 rings (SSSR count). The van der Waals surface area contributed by atoms with Crippen molar-refractivity contribution in [2.75, 3.05) is 23.5 Å². The van der Waals surface area contributed by atoms with Crippen LogP contribution in [0.2, 0.25) is 0 Å². The number of pyridine rings is 1. The number of nitrogens with zero attached hydrogens (tertiary/aromatic N) is 2. The fourth-order valence-electron chi connectivity index (χ4n) is 2.01. The van der Waals surface area contributed by atoms with Gasteiger partial charge in [0.1, 0.15) is 10.8 Å². The molecule has 0 amide bonds. The molecular weight excluding hydrogens is 270 g/mol. The maximum Gasteiger partial charge on any atom is 0.152 e. The van der Waals surface area contributed by atoms with Gasteiger partial charge in [-0.3, -0.25) is 0 Å². The van der Waals surface area contributed by atoms with Crippen LogP contribution in [-0.4, -0.2) is 43.0 Å². The summed E-state index contributed by atoms with van der Waals surface area (Å²) in [5, 5.41) is 0. The third kappa shape index (κ3) is 2.78. The largest absolute Gasteiger partial charge is 0.389 e. The summed E-state index contributed by atoms with van der Waals surface area (Å²) < 4.78 is 22.9. The first kappa shape index (κ1) is 13.2. The van der Waals surface area contributed by atoms with Gasteiger partial charge in [-0.25, -0.2) is 13.4 Å². The Balaban J connectivity index is 2.14. The van der Waals surface area contributed by atoms with Crippen LogP contribution in [0.25, 0.3) is 0 Å². The second-order valence-electron chi connectivity index (χ2n) is 4.44. The van der Waals surface area contributed by atoms with Crippen molar-refractivity contribution >= 4 is 32.9 Å². The van der Waals surface area contributed by atoms with E-state index in [1.165, 1.54) is 0 Å². The van der Waals surface area contributed by atoms with Crippen LogP contribution in [0.1, 0.15) is 12.0 Å². The van der Waals surface area contributed by atoms with E-state index in [1.54, 1.807) is 18.3 Å². The van der Waals surface area contributed by atoms with Crippen molar-refractivity contribution in [2.45, 2.75) is 12.5 Å². The molecule has 1 aromatic heterocycles. The number of aromatic nitrogens is 1. The molecule has 0 saturated carbocycles. The molecule has 1 aliphatic heterocycles. The molecule has 18 heavy (non-hydrogen) atoms. The van der Waals surface area contributed by atoms with Gasteiger partial charge in [-0.05, 0) is 18.6 Å². The van der Waals surface area contributed by atoms with E-state index in [-0.39, 0.29) is 17.5 Å². The zero-order valence-corrected chi connectivity index (χ0v) is 11.7. The standard InChI is InChI=1S/C11H15N3O2S2/c1-14(9-4-5-18(15,16)7-9)10-3-2-8(6-13-10)11(12)17/h2-3,6,9H,4-5,7H2,1H3,(H2,12,17). The highest BCUT2D eigenvalue weighted by Crippen LogP contribution is 2.21. The summed E-state index contributed by atoms with van der Waals surface area (Å²) >= 11 is 4.85. The second-order valence-corrected chi connectivity index (χ2v) is 7.11. The highest BCUT2D eigenvalue weighted by Gasteiger charge is 2.31. The van der Waals surface area contributed by atoms with Gasteiger partial charge in [0.15, 0.2) is 9.84 Å². The van der Waals surface area contributed by atoms with Crippen molar-refractivity contribution in [3.05, 3.63) is 23.9 Å². The summed E-state index contributed by atoms with van der Waals surface area (Å²) in [6.45, 7) is 0. The molecule has 2 heterocycles. The maximum absolute atomic E-state index is 11.4. The predicted molar refractivity (Wildman–Crippen MR) is 75.6 cm³/mol. The molecular formula is C11H15N3O2S2. The lowest BCUT2D eigenvalue weighted by Gasteiger charge is -2.24. The van der Waals surface area contributed by atoms with Gasteiger partial charge in [-0.1, -0.05) is 12.2 Å². The first-order chi connectivity index (χ1) is 8.39. The average Bonchev–Trinajstić information content (AvgIpc) is 2.69. The number of sulfone groups is 1. The van der Waals surface area contributed by atoms with Gasteiger partial charge in [0, 0.05) is 24.8 Å². The summed E-state index contributed by atoms with van der Waals surface area (Å²) in [4.78, 5) is 6.46. The van der Waals surface area contributed by atoms with Crippen molar-refractivity contribution < 1.29 is 8.42 Å². The van der Waals surface area contributed by atoms with Crippen LogP contribution in [0.3, 0.4) is 0 Å². The topological polar surface area (TPSA) is 76.3 Å². The van der Waals surface area contributed by atoms with Crippen molar-refractivity contribution in [3.8, 4) is 0 Å². The number of hydrogen-bond acceptors (Lipinski definition) is 5. The fourth-order valence-corrected chi connectivity index (χ4v) is 3.90. The number of anilines is 1. The van der Waals surface area contributed by atoms with Crippen molar-refractivity contribution in [3.63, 3.8) is 0 Å². The Kier molecular flexibility index (Phi) is 3.54. The van der Waals surface area contributed by atoms with Gasteiger partial charge in [0.25, 0.3) is 0 Å². The molecule has 1 fully saturated rings. The Morgan fingerprint density at radius 2 is 2.28 bits per heavy atom. The van der Waals surface area contributed by atoms with E-state index in [9.17, 15) is 8.42 Å². The third-order valence-electron chi connectivity index (χ3n) is 3.15. The van der Waals surface area contributed by atoms with Crippen LogP contribution in [0, 0.1) is 0 Å². The van der Waals surface area contributed by atoms with Gasteiger partial charge < -0.3 is 10.6 Å². The summed E-state index contributed by atoms with van der Waals surface area (Å²) in [5.74, 6) is 1.19. The molecule has 0 aliphatic carbocycles. The summed E-state index contributed by atoms with van der Waals surface area (Å²) in [6.07, 6.45) is 2.26. The van der Waals surface area contributed by atoms with Crippen LogP contribution in [0.4, 0.5) is 5.82 Å². The summed E-state index contributed by atoms with van der Waals surface area (Å²) in [5.41, 5.74) is 6.21. The normalized spacial score (nSPS) is 21.7. The van der Waals surface area contributed by atoms with E-state index in [4.69, 9.17) is 18.0 Å². The number of rotatable bonds is 3. The van der Waals surface area contributed by atoms with Crippen molar-refractivity contribution in [2.24, 2.45) is 5.73 Å². The van der Waals surface area contributed by atoms with Crippen LogP contribution < -0.4 is 10.6 Å². The SMILES string of the molecule is CN(c1ccc(C(N)=S)cn1)C1CCS(=O)(=O)C1. The van der Waals surface area contributed by atoms with E-state index in [0.29, 0.717) is 17.0 Å². The second kappa shape index (κ2) is 4.81. The lowest BCUT2D eigenvalue weighted by atomic mass is 10.2. The lowest BCUT2D eigenvalue weighted by Crippen LogP contribution is -2.33. The first-order valence-corrected chi connectivity index (χ1v) is 7.81. The number of nitrogens with two attached hydrogens (primary N) is 1. The van der Waals surface area contributed by atoms with Gasteiger partial charge in [-0.2, -0.15) is 0 Å². The monoisotopic (exact) mass is 285 g/mol. The van der Waals surface area contributed by atoms with Crippen LogP contribution >= 0.6 is 12.2 Å². The average molecular weight is 285 g/mol. The minimum absolute atomic E-state index is 0.00169.